The fourth-order valence-electron chi connectivity index (χ4n) is 4.34. The van der Waals surface area contributed by atoms with Crippen LogP contribution in [0.1, 0.15) is 47.4 Å². The molecule has 2 saturated carbocycles. The zero-order valence-electron chi connectivity index (χ0n) is 16.2. The van der Waals surface area contributed by atoms with E-state index in [-0.39, 0.29) is 5.91 Å². The Bertz CT molecular complexity index is 819. The van der Waals surface area contributed by atoms with Crippen molar-refractivity contribution in [2.24, 2.45) is 11.8 Å². The number of carbonyl (C=O) groups is 1. The second-order valence-electron chi connectivity index (χ2n) is 7.90. The van der Waals surface area contributed by atoms with Gasteiger partial charge in [0.1, 0.15) is 5.75 Å². The second kappa shape index (κ2) is 6.49. The highest BCUT2D eigenvalue weighted by Crippen LogP contribution is 2.47. The minimum absolute atomic E-state index is 0.163. The third kappa shape index (κ3) is 3.02. The topological polar surface area (TPSA) is 34.5 Å². The zero-order chi connectivity index (χ0) is 18.4. The van der Waals surface area contributed by atoms with Crippen LogP contribution in [0.5, 0.6) is 5.75 Å². The normalized spacial score (nSPS) is 16.8. The molecular weight excluding hydrogens is 324 g/mol. The lowest BCUT2D eigenvalue weighted by atomic mass is 10.0. The van der Waals surface area contributed by atoms with Gasteiger partial charge in [0.2, 0.25) is 0 Å². The molecule has 0 N–H and O–H groups in total. The maximum absolute atomic E-state index is 13.3. The van der Waals surface area contributed by atoms with Crippen molar-refractivity contribution in [3.63, 3.8) is 0 Å². The number of methoxy groups -OCH3 is 1. The van der Waals surface area contributed by atoms with Crippen LogP contribution in [-0.4, -0.2) is 35.6 Å². The predicted molar refractivity (Wildman–Crippen MR) is 103 cm³/mol. The summed E-state index contributed by atoms with van der Waals surface area (Å²) in [5.41, 5.74) is 3.92. The average molecular weight is 352 g/mol. The molecule has 0 spiro atoms. The molecule has 4 heteroatoms. The molecule has 1 aromatic heterocycles. The van der Waals surface area contributed by atoms with E-state index in [2.05, 4.69) is 17.6 Å². The molecule has 4 rings (SSSR count). The van der Waals surface area contributed by atoms with Crippen molar-refractivity contribution in [1.82, 2.24) is 9.47 Å². The summed E-state index contributed by atoms with van der Waals surface area (Å²) in [6, 6.07) is 10.4. The van der Waals surface area contributed by atoms with E-state index in [1.165, 1.54) is 25.7 Å². The lowest BCUT2D eigenvalue weighted by Crippen LogP contribution is -2.40. The molecular formula is C22H28N2O2. The second-order valence-corrected chi connectivity index (χ2v) is 7.90. The number of carbonyl (C=O) groups excluding carboxylic acids is 1. The lowest BCUT2D eigenvalue weighted by Gasteiger charge is -2.28. The molecule has 4 nitrogen and oxygen atoms in total. The third-order valence-corrected chi connectivity index (χ3v) is 5.95. The van der Waals surface area contributed by atoms with Gasteiger partial charge in [0.05, 0.1) is 12.7 Å². The van der Waals surface area contributed by atoms with Crippen molar-refractivity contribution in [2.75, 3.05) is 14.2 Å². The first-order valence-electron chi connectivity index (χ1n) is 9.61. The maximum atomic E-state index is 13.3. The number of rotatable bonds is 6. The van der Waals surface area contributed by atoms with Gasteiger partial charge in [-0.2, -0.15) is 0 Å². The van der Waals surface area contributed by atoms with Crippen LogP contribution in [0.15, 0.2) is 30.3 Å². The Hall–Kier alpha value is -2.23. The Morgan fingerprint density at radius 1 is 1.15 bits per heavy atom. The summed E-state index contributed by atoms with van der Waals surface area (Å²) in [7, 11) is 3.68. The molecule has 1 amide bonds. The van der Waals surface area contributed by atoms with Gasteiger partial charge < -0.3 is 14.2 Å². The molecule has 138 valence electrons. The van der Waals surface area contributed by atoms with E-state index in [9.17, 15) is 4.79 Å². The van der Waals surface area contributed by atoms with Gasteiger partial charge in [-0.05, 0) is 69.6 Å². The molecule has 2 aliphatic carbocycles. The summed E-state index contributed by atoms with van der Waals surface area (Å²) in [5.74, 6) is 2.43. The van der Waals surface area contributed by atoms with Crippen LogP contribution >= 0.6 is 0 Å². The van der Waals surface area contributed by atoms with Crippen LogP contribution in [0.2, 0.25) is 0 Å². The van der Waals surface area contributed by atoms with E-state index in [1.807, 2.05) is 43.1 Å². The van der Waals surface area contributed by atoms with E-state index in [0.717, 1.165) is 40.2 Å². The van der Waals surface area contributed by atoms with E-state index in [4.69, 9.17) is 4.74 Å². The quantitative estimate of drug-likeness (QED) is 0.774. The molecule has 2 aromatic rings. The van der Waals surface area contributed by atoms with Gasteiger partial charge in [-0.15, -0.1) is 0 Å². The number of amides is 1. The van der Waals surface area contributed by atoms with Crippen LogP contribution in [0.3, 0.4) is 0 Å². The molecule has 1 heterocycles. The number of ether oxygens (including phenoxy) is 1. The molecule has 26 heavy (non-hydrogen) atoms. The molecule has 0 radical (unpaired) electrons. The van der Waals surface area contributed by atoms with E-state index in [0.29, 0.717) is 6.04 Å². The Labute approximate surface area is 155 Å². The van der Waals surface area contributed by atoms with Crippen molar-refractivity contribution in [2.45, 2.75) is 45.6 Å². The number of aromatic nitrogens is 1. The zero-order valence-corrected chi connectivity index (χ0v) is 16.2. The SMILES string of the molecule is COc1cccc(-n2c(C)cc(C(=O)N(C)C(C3CC3)C3CC3)c2C)c1. The predicted octanol–water partition coefficient (Wildman–Crippen LogP) is 4.36. The van der Waals surface area contributed by atoms with Crippen LogP contribution in [0, 0.1) is 25.7 Å². The Morgan fingerprint density at radius 3 is 2.38 bits per heavy atom. The number of benzene rings is 1. The summed E-state index contributed by atoms with van der Waals surface area (Å²) < 4.78 is 7.50. The minimum atomic E-state index is 0.163. The number of hydrogen-bond acceptors (Lipinski definition) is 2. The van der Waals surface area contributed by atoms with Crippen molar-refractivity contribution in [3.05, 3.63) is 47.3 Å². The highest BCUT2D eigenvalue weighted by Gasteiger charge is 2.45. The van der Waals surface area contributed by atoms with Crippen LogP contribution < -0.4 is 4.74 Å². The summed E-state index contributed by atoms with van der Waals surface area (Å²) >= 11 is 0. The van der Waals surface area contributed by atoms with Gasteiger partial charge >= 0.3 is 0 Å². The first-order chi connectivity index (χ1) is 12.5. The standard InChI is InChI=1S/C22H28N2O2/c1-14-12-20(15(2)24(14)18-6-5-7-19(13-18)26-4)22(25)23(3)21(16-8-9-16)17-10-11-17/h5-7,12-13,16-17,21H,8-11H2,1-4H3. The molecule has 0 aliphatic heterocycles. The highest BCUT2D eigenvalue weighted by molar-refractivity contribution is 5.96. The van der Waals surface area contributed by atoms with Gasteiger partial charge in [-0.3, -0.25) is 4.79 Å². The Balaban J connectivity index is 1.66. The van der Waals surface area contributed by atoms with Crippen molar-refractivity contribution in [3.8, 4) is 11.4 Å². The molecule has 0 atom stereocenters. The molecule has 0 saturated heterocycles. The molecule has 0 bridgehead atoms. The van der Waals surface area contributed by atoms with Crippen molar-refractivity contribution in [1.29, 1.82) is 0 Å². The number of aryl methyl sites for hydroxylation is 1. The average Bonchev–Trinajstić information content (AvgIpc) is 3.55. The minimum Gasteiger partial charge on any atom is -0.497 e. The van der Waals surface area contributed by atoms with Crippen LogP contribution in [0.25, 0.3) is 5.69 Å². The van der Waals surface area contributed by atoms with Crippen molar-refractivity contribution < 1.29 is 9.53 Å². The highest BCUT2D eigenvalue weighted by atomic mass is 16.5. The summed E-state index contributed by atoms with van der Waals surface area (Å²) in [6.07, 6.45) is 5.12. The van der Waals surface area contributed by atoms with Gasteiger partial charge in [-0.1, -0.05) is 6.07 Å². The van der Waals surface area contributed by atoms with Gasteiger partial charge in [0.15, 0.2) is 0 Å². The van der Waals surface area contributed by atoms with Crippen molar-refractivity contribution >= 4 is 5.91 Å². The number of nitrogens with zero attached hydrogens (tertiary/aromatic N) is 2. The van der Waals surface area contributed by atoms with Gasteiger partial charge in [-0.25, -0.2) is 0 Å². The molecule has 0 unspecified atom stereocenters. The number of hydrogen-bond donors (Lipinski definition) is 0. The Kier molecular flexibility index (Phi) is 4.29. The smallest absolute Gasteiger partial charge is 0.255 e. The monoisotopic (exact) mass is 352 g/mol. The van der Waals surface area contributed by atoms with Crippen LogP contribution in [0.4, 0.5) is 0 Å². The molecule has 2 aliphatic rings. The van der Waals surface area contributed by atoms with Crippen LogP contribution in [-0.2, 0) is 0 Å². The summed E-state index contributed by atoms with van der Waals surface area (Å²) in [5, 5.41) is 0. The molecule has 1 aromatic carbocycles. The third-order valence-electron chi connectivity index (χ3n) is 5.95. The fraction of sp³-hybridized carbons (Fsp3) is 0.500. The lowest BCUT2D eigenvalue weighted by molar-refractivity contribution is 0.0689. The molecule has 2 fully saturated rings. The fourth-order valence-corrected chi connectivity index (χ4v) is 4.34. The maximum Gasteiger partial charge on any atom is 0.255 e. The van der Waals surface area contributed by atoms with Gasteiger partial charge in [0.25, 0.3) is 5.91 Å². The van der Waals surface area contributed by atoms with E-state index in [1.54, 1.807) is 7.11 Å². The first-order valence-corrected chi connectivity index (χ1v) is 9.61. The summed E-state index contributed by atoms with van der Waals surface area (Å²) in [6.45, 7) is 4.10. The first kappa shape index (κ1) is 17.2. The van der Waals surface area contributed by atoms with E-state index < -0.39 is 0 Å². The Morgan fingerprint density at radius 2 is 1.81 bits per heavy atom. The van der Waals surface area contributed by atoms with Gasteiger partial charge in [0, 0.05) is 36.2 Å². The largest absolute Gasteiger partial charge is 0.497 e. The summed E-state index contributed by atoms with van der Waals surface area (Å²) in [4.78, 5) is 15.3. The van der Waals surface area contributed by atoms with E-state index >= 15 is 0 Å².